The van der Waals surface area contributed by atoms with Crippen molar-refractivity contribution in [1.82, 2.24) is 0 Å². The predicted molar refractivity (Wildman–Crippen MR) is 83.4 cm³/mol. The molecule has 4 N–H and O–H groups in total. The number of carbonyl (C=O) groups is 2. The van der Waals surface area contributed by atoms with Gasteiger partial charge >= 0.3 is 0 Å². The number of ether oxygens (including phenoxy) is 1. The smallest absolute Gasteiger partial charge is 0.241 e. The van der Waals surface area contributed by atoms with Gasteiger partial charge in [-0.1, -0.05) is 20.8 Å². The molecule has 0 heterocycles. The number of hydrogen-bond acceptors (Lipinski definition) is 4. The summed E-state index contributed by atoms with van der Waals surface area (Å²) >= 11 is 0. The summed E-state index contributed by atoms with van der Waals surface area (Å²) in [6.07, 6.45) is 0. The van der Waals surface area contributed by atoms with Crippen LogP contribution in [0.5, 0.6) is 5.75 Å². The quantitative estimate of drug-likeness (QED) is 0.791. The molecule has 6 heteroatoms. The maximum atomic E-state index is 12.1. The molecule has 0 saturated carbocycles. The third-order valence-electron chi connectivity index (χ3n) is 2.99. The van der Waals surface area contributed by atoms with E-state index in [0.29, 0.717) is 17.1 Å². The molecule has 1 aromatic rings. The van der Waals surface area contributed by atoms with Gasteiger partial charge in [-0.2, -0.15) is 0 Å². The standard InChI is InChI=1S/C15H23N3O3/c1-9(19)17-11-8-10(6-7-12(11)21-5)18-14(20)13(16)15(2,3)4/h6-8,13H,16H2,1-5H3,(H,17,19)(H,18,20)/t13-/m1/s1. The number of carbonyl (C=O) groups excluding carboxylic acids is 2. The van der Waals surface area contributed by atoms with Crippen molar-refractivity contribution in [2.75, 3.05) is 17.7 Å². The number of methoxy groups -OCH3 is 1. The van der Waals surface area contributed by atoms with Gasteiger partial charge in [0.2, 0.25) is 11.8 Å². The number of benzene rings is 1. The van der Waals surface area contributed by atoms with Crippen molar-refractivity contribution in [1.29, 1.82) is 0 Å². The second kappa shape index (κ2) is 6.58. The molecule has 1 aromatic carbocycles. The normalized spacial score (nSPS) is 12.5. The number of nitrogens with one attached hydrogen (secondary N) is 2. The van der Waals surface area contributed by atoms with Gasteiger partial charge < -0.3 is 21.1 Å². The van der Waals surface area contributed by atoms with Crippen molar-refractivity contribution in [3.05, 3.63) is 18.2 Å². The maximum Gasteiger partial charge on any atom is 0.241 e. The average molecular weight is 293 g/mol. The second-order valence-electron chi connectivity index (χ2n) is 5.93. The van der Waals surface area contributed by atoms with Crippen molar-refractivity contribution in [3.63, 3.8) is 0 Å². The Morgan fingerprint density at radius 3 is 2.33 bits per heavy atom. The van der Waals surface area contributed by atoms with E-state index in [-0.39, 0.29) is 17.2 Å². The highest BCUT2D eigenvalue weighted by Gasteiger charge is 2.27. The summed E-state index contributed by atoms with van der Waals surface area (Å²) in [6.45, 7) is 7.09. The van der Waals surface area contributed by atoms with Crippen LogP contribution in [0.25, 0.3) is 0 Å². The van der Waals surface area contributed by atoms with E-state index in [1.165, 1.54) is 14.0 Å². The zero-order valence-electron chi connectivity index (χ0n) is 13.1. The number of anilines is 2. The number of amides is 2. The molecule has 0 aliphatic heterocycles. The Bertz CT molecular complexity index is 535. The van der Waals surface area contributed by atoms with Crippen LogP contribution < -0.4 is 21.1 Å². The van der Waals surface area contributed by atoms with Crippen LogP contribution in [0, 0.1) is 5.41 Å². The Labute approximate surface area is 125 Å². The van der Waals surface area contributed by atoms with Crippen molar-refractivity contribution in [2.45, 2.75) is 33.7 Å². The fraction of sp³-hybridized carbons (Fsp3) is 0.467. The van der Waals surface area contributed by atoms with E-state index in [9.17, 15) is 9.59 Å². The molecular formula is C15H23N3O3. The van der Waals surface area contributed by atoms with Gasteiger partial charge in [0.15, 0.2) is 0 Å². The summed E-state index contributed by atoms with van der Waals surface area (Å²) in [5.41, 5.74) is 6.61. The number of hydrogen-bond donors (Lipinski definition) is 3. The zero-order valence-corrected chi connectivity index (χ0v) is 13.1. The molecule has 0 aromatic heterocycles. The van der Waals surface area contributed by atoms with E-state index < -0.39 is 6.04 Å². The van der Waals surface area contributed by atoms with E-state index in [0.717, 1.165) is 0 Å². The topological polar surface area (TPSA) is 93.4 Å². The van der Waals surface area contributed by atoms with Crippen LogP contribution in [0.4, 0.5) is 11.4 Å². The molecule has 6 nitrogen and oxygen atoms in total. The highest BCUT2D eigenvalue weighted by atomic mass is 16.5. The Morgan fingerprint density at radius 2 is 1.86 bits per heavy atom. The van der Waals surface area contributed by atoms with Gasteiger partial charge in [0.1, 0.15) is 5.75 Å². The van der Waals surface area contributed by atoms with Crippen LogP contribution in [0.15, 0.2) is 18.2 Å². The number of nitrogens with two attached hydrogens (primary N) is 1. The summed E-state index contributed by atoms with van der Waals surface area (Å²) in [6, 6.07) is 4.36. The first-order valence-corrected chi connectivity index (χ1v) is 6.67. The van der Waals surface area contributed by atoms with Crippen LogP contribution in [-0.2, 0) is 9.59 Å². The first kappa shape index (κ1) is 17.0. The Kier molecular flexibility index (Phi) is 5.32. The van der Waals surface area contributed by atoms with Gasteiger partial charge in [-0.25, -0.2) is 0 Å². The predicted octanol–water partition coefficient (Wildman–Crippen LogP) is 1.97. The van der Waals surface area contributed by atoms with Crippen LogP contribution in [-0.4, -0.2) is 25.0 Å². The fourth-order valence-corrected chi connectivity index (χ4v) is 1.69. The second-order valence-corrected chi connectivity index (χ2v) is 5.93. The lowest BCUT2D eigenvalue weighted by Crippen LogP contribution is -2.45. The van der Waals surface area contributed by atoms with E-state index in [1.807, 2.05) is 20.8 Å². The van der Waals surface area contributed by atoms with Crippen LogP contribution >= 0.6 is 0 Å². The summed E-state index contributed by atoms with van der Waals surface area (Å²) < 4.78 is 5.16. The molecule has 0 saturated heterocycles. The molecule has 1 rings (SSSR count). The lowest BCUT2D eigenvalue weighted by atomic mass is 9.87. The highest BCUT2D eigenvalue weighted by Crippen LogP contribution is 2.28. The third kappa shape index (κ3) is 4.75. The summed E-state index contributed by atoms with van der Waals surface area (Å²) in [5, 5.41) is 5.39. The van der Waals surface area contributed by atoms with E-state index in [4.69, 9.17) is 10.5 Å². The zero-order chi connectivity index (χ0) is 16.2. The Balaban J connectivity index is 2.94. The molecular weight excluding hydrogens is 270 g/mol. The minimum absolute atomic E-state index is 0.219. The van der Waals surface area contributed by atoms with Crippen molar-refractivity contribution < 1.29 is 14.3 Å². The molecule has 116 valence electrons. The number of rotatable bonds is 4. The van der Waals surface area contributed by atoms with Crippen molar-refractivity contribution in [3.8, 4) is 5.75 Å². The summed E-state index contributed by atoms with van der Waals surface area (Å²) in [4.78, 5) is 23.3. The molecule has 0 spiro atoms. The Morgan fingerprint density at radius 1 is 1.24 bits per heavy atom. The summed E-state index contributed by atoms with van der Waals surface area (Å²) in [5.74, 6) is 0.0212. The molecule has 0 aliphatic carbocycles. The first-order chi connectivity index (χ1) is 9.65. The van der Waals surface area contributed by atoms with Crippen LogP contribution in [0.3, 0.4) is 0 Å². The third-order valence-corrected chi connectivity index (χ3v) is 2.99. The van der Waals surface area contributed by atoms with Crippen LogP contribution in [0.2, 0.25) is 0 Å². The molecule has 2 amide bonds. The monoisotopic (exact) mass is 293 g/mol. The van der Waals surface area contributed by atoms with E-state index >= 15 is 0 Å². The molecule has 0 bridgehead atoms. The maximum absolute atomic E-state index is 12.1. The molecule has 1 atom stereocenters. The van der Waals surface area contributed by atoms with Crippen LogP contribution in [0.1, 0.15) is 27.7 Å². The first-order valence-electron chi connectivity index (χ1n) is 6.67. The molecule has 0 fully saturated rings. The van der Waals surface area contributed by atoms with Gasteiger partial charge in [-0.15, -0.1) is 0 Å². The lowest BCUT2D eigenvalue weighted by molar-refractivity contribution is -0.119. The minimum atomic E-state index is -0.635. The van der Waals surface area contributed by atoms with Crippen molar-refractivity contribution in [2.24, 2.45) is 11.1 Å². The molecule has 0 aliphatic rings. The molecule has 21 heavy (non-hydrogen) atoms. The minimum Gasteiger partial charge on any atom is -0.495 e. The van der Waals surface area contributed by atoms with Gasteiger partial charge in [0, 0.05) is 12.6 Å². The highest BCUT2D eigenvalue weighted by molar-refractivity contribution is 5.97. The average Bonchev–Trinajstić information content (AvgIpc) is 2.36. The van der Waals surface area contributed by atoms with Gasteiger partial charge in [0.05, 0.1) is 18.8 Å². The molecule has 0 unspecified atom stereocenters. The fourth-order valence-electron chi connectivity index (χ4n) is 1.69. The van der Waals surface area contributed by atoms with Gasteiger partial charge in [-0.05, 0) is 23.6 Å². The van der Waals surface area contributed by atoms with Crippen molar-refractivity contribution >= 4 is 23.2 Å². The van der Waals surface area contributed by atoms with E-state index in [1.54, 1.807) is 18.2 Å². The summed E-state index contributed by atoms with van der Waals surface area (Å²) in [7, 11) is 1.51. The SMILES string of the molecule is COc1ccc(NC(=O)[C@@H](N)C(C)(C)C)cc1NC(C)=O. The van der Waals surface area contributed by atoms with Gasteiger partial charge in [0.25, 0.3) is 0 Å². The largest absolute Gasteiger partial charge is 0.495 e. The van der Waals surface area contributed by atoms with E-state index in [2.05, 4.69) is 10.6 Å². The molecule has 0 radical (unpaired) electrons. The lowest BCUT2D eigenvalue weighted by Gasteiger charge is -2.26. The van der Waals surface area contributed by atoms with Gasteiger partial charge in [-0.3, -0.25) is 9.59 Å². The Hall–Kier alpha value is -2.08.